The molecule has 0 amide bonds. The number of rotatable bonds is 5. The monoisotopic (exact) mass is 279 g/mol. The molecule has 1 aromatic heterocycles. The Morgan fingerprint density at radius 2 is 1.80 bits per heavy atom. The third-order valence-electron chi connectivity index (χ3n) is 2.46. The fourth-order valence-corrected chi connectivity index (χ4v) is 1.73. The Balaban J connectivity index is 2.10. The molecule has 0 fully saturated rings. The molecule has 0 saturated heterocycles. The molecule has 0 saturated carbocycles. The van der Waals surface area contributed by atoms with Crippen molar-refractivity contribution in [1.82, 2.24) is 9.97 Å². The Labute approximate surface area is 115 Å². The van der Waals surface area contributed by atoms with Crippen LogP contribution in [0.25, 0.3) is 0 Å². The lowest BCUT2D eigenvalue weighted by atomic mass is 10.3. The minimum Gasteiger partial charge on any atom is -0.485 e. The van der Waals surface area contributed by atoms with Crippen molar-refractivity contribution >= 4 is 5.82 Å². The summed E-state index contributed by atoms with van der Waals surface area (Å²) in [6, 6.07) is 4.84. The van der Waals surface area contributed by atoms with E-state index in [1.54, 1.807) is 0 Å². The molecule has 6 heteroatoms. The molecule has 106 valence electrons. The van der Waals surface area contributed by atoms with Crippen LogP contribution in [0.4, 0.5) is 14.6 Å². The standard InChI is InChI=1S/C14H15F2N3O/c1-3-17-13-4-9(2)18-14(19-13)8-20-12-6-10(15)5-11(16)7-12/h4-7H,3,8H2,1-2H3,(H,17,18,19). The first kappa shape index (κ1) is 14.2. The Morgan fingerprint density at radius 3 is 2.45 bits per heavy atom. The average Bonchev–Trinajstić information content (AvgIpc) is 2.35. The first-order valence-electron chi connectivity index (χ1n) is 6.24. The van der Waals surface area contributed by atoms with E-state index < -0.39 is 11.6 Å². The number of ether oxygens (including phenoxy) is 1. The predicted octanol–water partition coefficient (Wildman–Crippen LogP) is 3.07. The van der Waals surface area contributed by atoms with Gasteiger partial charge in [0.1, 0.15) is 29.8 Å². The van der Waals surface area contributed by atoms with Crippen molar-refractivity contribution in [2.24, 2.45) is 0 Å². The first-order valence-corrected chi connectivity index (χ1v) is 6.24. The lowest BCUT2D eigenvalue weighted by molar-refractivity contribution is 0.292. The van der Waals surface area contributed by atoms with Crippen LogP contribution in [0.15, 0.2) is 24.3 Å². The molecule has 0 bridgehead atoms. The summed E-state index contributed by atoms with van der Waals surface area (Å²) in [7, 11) is 0. The zero-order valence-corrected chi connectivity index (χ0v) is 11.3. The molecule has 4 nitrogen and oxygen atoms in total. The molecule has 0 unspecified atom stereocenters. The molecule has 2 rings (SSSR count). The van der Waals surface area contributed by atoms with Gasteiger partial charge in [0.2, 0.25) is 0 Å². The topological polar surface area (TPSA) is 47.0 Å². The number of hydrogen-bond donors (Lipinski definition) is 1. The van der Waals surface area contributed by atoms with Gasteiger partial charge in [-0.2, -0.15) is 0 Å². The molecular formula is C14H15F2N3O. The Bertz CT molecular complexity index is 585. The van der Waals surface area contributed by atoms with Crippen molar-refractivity contribution in [3.8, 4) is 5.75 Å². The maximum Gasteiger partial charge on any atom is 0.168 e. The predicted molar refractivity (Wildman–Crippen MR) is 71.6 cm³/mol. The molecule has 0 atom stereocenters. The van der Waals surface area contributed by atoms with E-state index in [4.69, 9.17) is 4.74 Å². The van der Waals surface area contributed by atoms with Crippen LogP contribution in [-0.4, -0.2) is 16.5 Å². The molecule has 0 radical (unpaired) electrons. The number of halogens is 2. The number of aromatic nitrogens is 2. The summed E-state index contributed by atoms with van der Waals surface area (Å²) in [4.78, 5) is 8.46. The molecule has 0 aliphatic heterocycles. The van der Waals surface area contributed by atoms with E-state index in [0.29, 0.717) is 11.6 Å². The number of nitrogens with one attached hydrogen (secondary N) is 1. The van der Waals surface area contributed by atoms with Crippen LogP contribution in [0.5, 0.6) is 5.75 Å². The summed E-state index contributed by atoms with van der Waals surface area (Å²) in [5.41, 5.74) is 0.792. The normalized spacial score (nSPS) is 10.4. The molecular weight excluding hydrogens is 264 g/mol. The summed E-state index contributed by atoms with van der Waals surface area (Å²) < 4.78 is 31.4. The van der Waals surface area contributed by atoms with Crippen molar-refractivity contribution in [3.05, 3.63) is 47.4 Å². The molecule has 20 heavy (non-hydrogen) atoms. The third kappa shape index (κ3) is 3.88. The van der Waals surface area contributed by atoms with Crippen LogP contribution in [0.3, 0.4) is 0 Å². The molecule has 1 heterocycles. The second-order valence-electron chi connectivity index (χ2n) is 4.23. The minimum absolute atomic E-state index is 0.0446. The van der Waals surface area contributed by atoms with E-state index in [1.165, 1.54) is 0 Å². The third-order valence-corrected chi connectivity index (χ3v) is 2.46. The van der Waals surface area contributed by atoms with Gasteiger partial charge in [0, 0.05) is 36.5 Å². The van der Waals surface area contributed by atoms with E-state index in [2.05, 4.69) is 15.3 Å². The summed E-state index contributed by atoms with van der Waals surface area (Å²) in [5.74, 6) is -0.107. The van der Waals surface area contributed by atoms with Gasteiger partial charge in [-0.05, 0) is 13.8 Å². The maximum atomic E-state index is 13.0. The van der Waals surface area contributed by atoms with E-state index in [1.807, 2.05) is 19.9 Å². The largest absolute Gasteiger partial charge is 0.485 e. The van der Waals surface area contributed by atoms with Crippen LogP contribution in [-0.2, 0) is 6.61 Å². The van der Waals surface area contributed by atoms with Gasteiger partial charge in [-0.25, -0.2) is 18.7 Å². The summed E-state index contributed by atoms with van der Waals surface area (Å²) in [6.45, 7) is 4.59. The number of benzene rings is 1. The highest BCUT2D eigenvalue weighted by molar-refractivity contribution is 5.35. The van der Waals surface area contributed by atoms with Crippen molar-refractivity contribution in [2.75, 3.05) is 11.9 Å². The smallest absolute Gasteiger partial charge is 0.168 e. The molecule has 2 aromatic rings. The van der Waals surface area contributed by atoms with Crippen molar-refractivity contribution in [1.29, 1.82) is 0 Å². The van der Waals surface area contributed by atoms with Gasteiger partial charge < -0.3 is 10.1 Å². The summed E-state index contributed by atoms with van der Waals surface area (Å²) in [5, 5.41) is 3.08. The number of hydrogen-bond acceptors (Lipinski definition) is 4. The van der Waals surface area contributed by atoms with Crippen molar-refractivity contribution in [2.45, 2.75) is 20.5 Å². The molecule has 1 aromatic carbocycles. The molecule has 1 N–H and O–H groups in total. The minimum atomic E-state index is -0.682. The van der Waals surface area contributed by atoms with Crippen LogP contribution in [0.1, 0.15) is 18.4 Å². The maximum absolute atomic E-state index is 13.0. The highest BCUT2D eigenvalue weighted by Gasteiger charge is 2.05. The SMILES string of the molecule is CCNc1cc(C)nc(COc2cc(F)cc(F)c2)n1. The Morgan fingerprint density at radius 1 is 1.10 bits per heavy atom. The van der Waals surface area contributed by atoms with Crippen LogP contribution >= 0.6 is 0 Å². The fraction of sp³-hybridized carbons (Fsp3) is 0.286. The Kier molecular flexibility index (Phi) is 4.45. The van der Waals surface area contributed by atoms with E-state index in [-0.39, 0.29) is 12.4 Å². The molecule has 0 aliphatic carbocycles. The number of anilines is 1. The van der Waals surface area contributed by atoms with E-state index in [0.717, 1.165) is 30.4 Å². The van der Waals surface area contributed by atoms with Gasteiger partial charge in [-0.15, -0.1) is 0 Å². The molecule has 0 spiro atoms. The molecule has 0 aliphatic rings. The van der Waals surface area contributed by atoms with E-state index >= 15 is 0 Å². The number of nitrogens with zero attached hydrogens (tertiary/aromatic N) is 2. The van der Waals surface area contributed by atoms with Gasteiger partial charge in [-0.1, -0.05) is 0 Å². The van der Waals surface area contributed by atoms with Crippen LogP contribution in [0, 0.1) is 18.6 Å². The second-order valence-corrected chi connectivity index (χ2v) is 4.23. The lowest BCUT2D eigenvalue weighted by Gasteiger charge is -2.08. The van der Waals surface area contributed by atoms with Gasteiger partial charge in [-0.3, -0.25) is 0 Å². The van der Waals surface area contributed by atoms with Crippen LogP contribution in [0.2, 0.25) is 0 Å². The van der Waals surface area contributed by atoms with Crippen LogP contribution < -0.4 is 10.1 Å². The Hall–Kier alpha value is -2.24. The zero-order chi connectivity index (χ0) is 14.5. The van der Waals surface area contributed by atoms with Gasteiger partial charge >= 0.3 is 0 Å². The number of aryl methyl sites for hydroxylation is 1. The zero-order valence-electron chi connectivity index (χ0n) is 11.3. The second kappa shape index (κ2) is 6.27. The first-order chi connectivity index (χ1) is 9.56. The summed E-state index contributed by atoms with van der Waals surface area (Å²) in [6.07, 6.45) is 0. The van der Waals surface area contributed by atoms with Gasteiger partial charge in [0.15, 0.2) is 5.82 Å². The lowest BCUT2D eigenvalue weighted by Crippen LogP contribution is -2.07. The van der Waals surface area contributed by atoms with Crippen molar-refractivity contribution in [3.63, 3.8) is 0 Å². The highest BCUT2D eigenvalue weighted by Crippen LogP contribution is 2.16. The summed E-state index contributed by atoms with van der Waals surface area (Å²) >= 11 is 0. The fourth-order valence-electron chi connectivity index (χ4n) is 1.73. The average molecular weight is 279 g/mol. The quantitative estimate of drug-likeness (QED) is 0.913. The highest BCUT2D eigenvalue weighted by atomic mass is 19.1. The van der Waals surface area contributed by atoms with Gasteiger partial charge in [0.25, 0.3) is 0 Å². The van der Waals surface area contributed by atoms with E-state index in [9.17, 15) is 8.78 Å². The van der Waals surface area contributed by atoms with Crippen molar-refractivity contribution < 1.29 is 13.5 Å². The van der Waals surface area contributed by atoms with Gasteiger partial charge in [0.05, 0.1) is 0 Å².